The minimum absolute atomic E-state index is 0.646. The molecule has 0 atom stereocenters. The van der Waals surface area contributed by atoms with Crippen LogP contribution in [0.25, 0.3) is 0 Å². The lowest BCUT2D eigenvalue weighted by Gasteiger charge is -1.79. The van der Waals surface area contributed by atoms with Crippen molar-refractivity contribution >= 4 is 6.21 Å². The Labute approximate surface area is 51.8 Å². The van der Waals surface area contributed by atoms with Crippen LogP contribution in [0.15, 0.2) is 15.9 Å². The third-order valence-corrected chi connectivity index (χ3v) is 0.985. The van der Waals surface area contributed by atoms with Gasteiger partial charge in [-0.3, -0.25) is 0 Å². The lowest BCUT2D eigenvalue weighted by atomic mass is 10.3. The normalized spacial score (nSPS) is 10.8. The molecule has 0 amide bonds. The van der Waals surface area contributed by atoms with Crippen molar-refractivity contribution in [3.63, 3.8) is 0 Å². The Morgan fingerprint density at radius 1 is 1.89 bits per heavy atom. The summed E-state index contributed by atoms with van der Waals surface area (Å²) in [5.41, 5.74) is 0.692. The Morgan fingerprint density at radius 3 is 3.11 bits per heavy atom. The van der Waals surface area contributed by atoms with E-state index in [0.29, 0.717) is 11.3 Å². The van der Waals surface area contributed by atoms with Crippen LogP contribution >= 0.6 is 0 Å². The molecule has 0 aliphatic rings. The summed E-state index contributed by atoms with van der Waals surface area (Å²) < 4.78 is 4.66. The van der Waals surface area contributed by atoms with Gasteiger partial charge in [-0.1, -0.05) is 10.3 Å². The van der Waals surface area contributed by atoms with Gasteiger partial charge >= 0.3 is 0 Å². The van der Waals surface area contributed by atoms with E-state index in [9.17, 15) is 0 Å². The first-order valence-corrected chi connectivity index (χ1v) is 2.43. The van der Waals surface area contributed by atoms with E-state index < -0.39 is 0 Å². The van der Waals surface area contributed by atoms with Gasteiger partial charge in [-0.15, -0.1) is 0 Å². The Kier molecular flexibility index (Phi) is 1.48. The molecule has 0 bridgehead atoms. The van der Waals surface area contributed by atoms with Crippen LogP contribution in [0.1, 0.15) is 11.3 Å². The zero-order valence-corrected chi connectivity index (χ0v) is 4.90. The zero-order valence-electron chi connectivity index (χ0n) is 4.90. The molecule has 1 aromatic rings. The summed E-state index contributed by atoms with van der Waals surface area (Å²) >= 11 is 0. The maximum absolute atomic E-state index is 8.06. The maximum atomic E-state index is 8.06. The van der Waals surface area contributed by atoms with Crippen molar-refractivity contribution in [1.82, 2.24) is 5.16 Å². The molecule has 1 N–H and O–H groups in total. The first-order chi connectivity index (χ1) is 4.34. The smallest absolute Gasteiger partial charge is 0.142 e. The molecule has 0 saturated heterocycles. The van der Waals surface area contributed by atoms with E-state index >= 15 is 0 Å². The highest BCUT2D eigenvalue weighted by Gasteiger charge is 1.96. The molecular weight excluding hydrogens is 120 g/mol. The molecule has 0 aliphatic carbocycles. The fourth-order valence-electron chi connectivity index (χ4n) is 0.492. The minimum atomic E-state index is 0.646. The van der Waals surface area contributed by atoms with Crippen LogP contribution < -0.4 is 0 Å². The van der Waals surface area contributed by atoms with Gasteiger partial charge in [0.15, 0.2) is 0 Å². The number of hydrogen-bond donors (Lipinski definition) is 1. The van der Waals surface area contributed by atoms with Gasteiger partial charge in [-0.25, -0.2) is 0 Å². The highest BCUT2D eigenvalue weighted by atomic mass is 16.5. The van der Waals surface area contributed by atoms with Crippen LogP contribution in [-0.4, -0.2) is 16.6 Å². The van der Waals surface area contributed by atoms with Crippen molar-refractivity contribution in [3.05, 3.63) is 17.5 Å². The molecule has 4 heteroatoms. The summed E-state index contributed by atoms with van der Waals surface area (Å²) in [6.45, 7) is 1.74. The summed E-state index contributed by atoms with van der Waals surface area (Å²) in [6, 6.07) is 0. The van der Waals surface area contributed by atoms with Gasteiger partial charge in [0.25, 0.3) is 0 Å². The van der Waals surface area contributed by atoms with E-state index in [1.54, 1.807) is 6.92 Å². The Balaban J connectivity index is 2.94. The molecule has 0 aliphatic heterocycles. The zero-order chi connectivity index (χ0) is 6.69. The van der Waals surface area contributed by atoms with Crippen molar-refractivity contribution < 1.29 is 9.73 Å². The third kappa shape index (κ3) is 1.07. The average Bonchev–Trinajstić information content (AvgIpc) is 2.18. The molecule has 0 radical (unpaired) electrons. The largest absolute Gasteiger partial charge is 0.411 e. The molecule has 0 saturated carbocycles. The lowest BCUT2D eigenvalue weighted by Crippen LogP contribution is -1.77. The third-order valence-electron chi connectivity index (χ3n) is 0.985. The van der Waals surface area contributed by atoms with E-state index in [2.05, 4.69) is 14.8 Å². The van der Waals surface area contributed by atoms with E-state index in [-0.39, 0.29) is 0 Å². The highest BCUT2D eigenvalue weighted by molar-refractivity contribution is 5.79. The highest BCUT2D eigenvalue weighted by Crippen LogP contribution is 2.00. The molecule has 4 nitrogen and oxygen atoms in total. The van der Waals surface area contributed by atoms with Gasteiger partial charge in [0.2, 0.25) is 0 Å². The van der Waals surface area contributed by atoms with Crippen molar-refractivity contribution in [2.24, 2.45) is 5.16 Å². The minimum Gasteiger partial charge on any atom is -0.411 e. The van der Waals surface area contributed by atoms with E-state index in [1.807, 2.05) is 0 Å². The Bertz CT molecular complexity index is 216. The van der Waals surface area contributed by atoms with Crippen LogP contribution in [0.3, 0.4) is 0 Å². The first-order valence-electron chi connectivity index (χ1n) is 2.43. The summed E-state index contributed by atoms with van der Waals surface area (Å²) in [5, 5.41) is 14.3. The number of rotatable bonds is 1. The lowest BCUT2D eigenvalue weighted by molar-refractivity contribution is 0.321. The molecule has 1 heterocycles. The fourth-order valence-corrected chi connectivity index (χ4v) is 0.492. The standard InChI is InChI=1S/C5H6N2O2/c1-4-5(2-6-8)3-7-9-4/h2-3,8H,1H3. The van der Waals surface area contributed by atoms with E-state index in [4.69, 9.17) is 5.21 Å². The summed E-state index contributed by atoms with van der Waals surface area (Å²) in [5.74, 6) is 0.646. The number of hydrogen-bond acceptors (Lipinski definition) is 4. The average molecular weight is 126 g/mol. The van der Waals surface area contributed by atoms with Gasteiger partial charge in [-0.2, -0.15) is 0 Å². The van der Waals surface area contributed by atoms with Crippen LogP contribution in [-0.2, 0) is 0 Å². The second kappa shape index (κ2) is 2.30. The molecule has 0 unspecified atom stereocenters. The monoisotopic (exact) mass is 126 g/mol. The predicted molar refractivity (Wildman–Crippen MR) is 30.6 cm³/mol. The quantitative estimate of drug-likeness (QED) is 0.344. The number of aryl methyl sites for hydroxylation is 1. The van der Waals surface area contributed by atoms with E-state index in [1.165, 1.54) is 12.4 Å². The second-order valence-corrected chi connectivity index (χ2v) is 1.58. The number of aromatic nitrogens is 1. The number of oxime groups is 1. The van der Waals surface area contributed by atoms with Crippen LogP contribution in [0.4, 0.5) is 0 Å². The van der Waals surface area contributed by atoms with Gasteiger partial charge in [0.1, 0.15) is 5.76 Å². The van der Waals surface area contributed by atoms with Crippen molar-refractivity contribution in [2.75, 3.05) is 0 Å². The first kappa shape index (κ1) is 5.81. The van der Waals surface area contributed by atoms with E-state index in [0.717, 1.165) is 0 Å². The van der Waals surface area contributed by atoms with Gasteiger partial charge < -0.3 is 9.73 Å². The molecule has 0 aromatic carbocycles. The molecule has 48 valence electrons. The Hall–Kier alpha value is -1.32. The Morgan fingerprint density at radius 2 is 2.67 bits per heavy atom. The topological polar surface area (TPSA) is 58.6 Å². The molecular formula is C5H6N2O2. The summed E-state index contributed by atoms with van der Waals surface area (Å²) in [6.07, 6.45) is 2.75. The van der Waals surface area contributed by atoms with Gasteiger partial charge in [0, 0.05) is 0 Å². The van der Waals surface area contributed by atoms with Crippen LogP contribution in [0.5, 0.6) is 0 Å². The summed E-state index contributed by atoms with van der Waals surface area (Å²) in [7, 11) is 0. The van der Waals surface area contributed by atoms with Crippen molar-refractivity contribution in [1.29, 1.82) is 0 Å². The van der Waals surface area contributed by atoms with Crippen LogP contribution in [0.2, 0.25) is 0 Å². The van der Waals surface area contributed by atoms with Gasteiger partial charge in [0.05, 0.1) is 18.0 Å². The SMILES string of the molecule is Cc1oncc1C=NO. The van der Waals surface area contributed by atoms with Gasteiger partial charge in [-0.05, 0) is 6.92 Å². The van der Waals surface area contributed by atoms with Crippen molar-refractivity contribution in [2.45, 2.75) is 6.92 Å². The second-order valence-electron chi connectivity index (χ2n) is 1.58. The molecule has 9 heavy (non-hydrogen) atoms. The molecule has 0 fully saturated rings. The van der Waals surface area contributed by atoms with Crippen LogP contribution in [0, 0.1) is 6.92 Å². The molecule has 1 rings (SSSR count). The number of nitrogens with zero attached hydrogens (tertiary/aromatic N) is 2. The molecule has 1 aromatic heterocycles. The summed E-state index contributed by atoms with van der Waals surface area (Å²) in [4.78, 5) is 0. The maximum Gasteiger partial charge on any atom is 0.142 e. The predicted octanol–water partition coefficient (Wildman–Crippen LogP) is 0.791. The fraction of sp³-hybridized carbons (Fsp3) is 0.200. The molecule has 0 spiro atoms. The van der Waals surface area contributed by atoms with Crippen molar-refractivity contribution in [3.8, 4) is 0 Å².